The Morgan fingerprint density at radius 3 is 2.59 bits per heavy atom. The average Bonchev–Trinajstić information content (AvgIpc) is 3.39. The number of nitrogens with zero attached hydrogens (tertiary/aromatic N) is 5. The first-order valence-corrected chi connectivity index (χ1v) is 14.2. The number of benzene rings is 1. The Morgan fingerprint density at radius 2 is 1.85 bits per heavy atom. The number of allylic oxidation sites excluding steroid dienone is 1. The first-order valence-electron chi connectivity index (χ1n) is 14.2. The first-order chi connectivity index (χ1) is 19.0. The van der Waals surface area contributed by atoms with Gasteiger partial charge in [0.25, 0.3) is 0 Å². The Kier molecular flexibility index (Phi) is 8.94. The average molecular weight is 534 g/mol. The fraction of sp³-hybridized carbons (Fsp3) is 0.516. The largest absolute Gasteiger partial charge is 0.382 e. The number of aromatic nitrogens is 3. The van der Waals surface area contributed by atoms with Crippen molar-refractivity contribution < 1.29 is 15.7 Å². The Morgan fingerprint density at radius 1 is 1.05 bits per heavy atom. The molecule has 2 aromatic heterocycles. The van der Waals surface area contributed by atoms with E-state index in [1.165, 1.54) is 29.5 Å². The van der Waals surface area contributed by atoms with Crippen molar-refractivity contribution in [3.05, 3.63) is 54.1 Å². The molecule has 1 saturated carbocycles. The van der Waals surface area contributed by atoms with E-state index in [1.807, 2.05) is 17.2 Å². The summed E-state index contributed by atoms with van der Waals surface area (Å²) >= 11 is 0. The zero-order valence-electron chi connectivity index (χ0n) is 23.5. The van der Waals surface area contributed by atoms with Crippen LogP contribution in [0.2, 0.25) is 0 Å². The molecule has 1 aliphatic carbocycles. The van der Waals surface area contributed by atoms with E-state index in [9.17, 15) is 4.79 Å². The lowest BCUT2D eigenvalue weighted by molar-refractivity contribution is -0.129. The van der Waals surface area contributed by atoms with Crippen LogP contribution in [0.1, 0.15) is 53.2 Å². The molecule has 210 valence electrons. The van der Waals surface area contributed by atoms with Gasteiger partial charge in [0.2, 0.25) is 5.91 Å². The van der Waals surface area contributed by atoms with E-state index in [4.69, 9.17) is 14.5 Å². The fourth-order valence-corrected chi connectivity index (χ4v) is 5.99. The second-order valence-electron chi connectivity index (χ2n) is 10.9. The van der Waals surface area contributed by atoms with Gasteiger partial charge in [-0.25, -0.2) is 9.97 Å². The molecule has 1 amide bonds. The number of hydrogen-bond acceptors (Lipinski definition) is 6. The van der Waals surface area contributed by atoms with Crippen LogP contribution in [0.4, 0.5) is 5.69 Å². The Bertz CT molecular complexity index is 1290. The number of fused-ring (bicyclic) bond motifs is 1. The van der Waals surface area contributed by atoms with Crippen molar-refractivity contribution >= 4 is 28.6 Å². The topological polar surface area (TPSA) is 72.7 Å². The Hall–Kier alpha value is -3.23. The van der Waals surface area contributed by atoms with Gasteiger partial charge in [0, 0.05) is 65.1 Å². The third-order valence-electron chi connectivity index (χ3n) is 8.10. The van der Waals surface area contributed by atoms with Gasteiger partial charge in [-0.1, -0.05) is 11.6 Å². The summed E-state index contributed by atoms with van der Waals surface area (Å²) in [5.41, 5.74) is 3.65. The minimum absolute atomic E-state index is 0. The number of amides is 1. The van der Waals surface area contributed by atoms with Gasteiger partial charge >= 0.3 is 0 Å². The molecular formula is C31H43N5O3. The van der Waals surface area contributed by atoms with Gasteiger partial charge in [0.05, 0.1) is 24.8 Å². The zero-order valence-corrected chi connectivity index (χ0v) is 23.5. The molecule has 3 heterocycles. The van der Waals surface area contributed by atoms with Crippen LogP contribution in [-0.2, 0) is 14.3 Å². The molecular weight excluding hydrogens is 490 g/mol. The maximum absolute atomic E-state index is 11.7. The predicted octanol–water partition coefficient (Wildman–Crippen LogP) is 5.35. The number of anilines is 1. The molecule has 0 bridgehead atoms. The normalized spacial score (nSPS) is 20.5. The van der Waals surface area contributed by atoms with Crippen LogP contribution in [0.3, 0.4) is 0 Å². The van der Waals surface area contributed by atoms with Crippen molar-refractivity contribution in [1.29, 1.82) is 0 Å². The van der Waals surface area contributed by atoms with Gasteiger partial charge in [0.1, 0.15) is 5.82 Å². The molecule has 1 aliphatic heterocycles. The summed E-state index contributed by atoms with van der Waals surface area (Å²) in [4.78, 5) is 25.5. The van der Waals surface area contributed by atoms with Crippen LogP contribution in [0.15, 0.2) is 48.3 Å². The lowest BCUT2D eigenvalue weighted by Gasteiger charge is -2.36. The van der Waals surface area contributed by atoms with Crippen LogP contribution in [-0.4, -0.2) is 77.9 Å². The summed E-state index contributed by atoms with van der Waals surface area (Å²) in [5.74, 6) is 2.46. The van der Waals surface area contributed by atoms with Crippen LogP contribution < -0.4 is 4.90 Å². The highest BCUT2D eigenvalue weighted by Gasteiger charge is 2.22. The van der Waals surface area contributed by atoms with Crippen LogP contribution in [0, 0.1) is 5.92 Å². The molecule has 2 aliphatic rings. The van der Waals surface area contributed by atoms with E-state index in [2.05, 4.69) is 57.9 Å². The minimum Gasteiger partial charge on any atom is -0.382 e. The molecule has 0 atom stereocenters. The number of methoxy groups -OCH3 is 1. The predicted molar refractivity (Wildman–Crippen MR) is 157 cm³/mol. The summed E-state index contributed by atoms with van der Waals surface area (Å²) in [6, 6.07) is 10.6. The summed E-state index contributed by atoms with van der Waals surface area (Å²) in [7, 11) is 1.72. The number of rotatable bonds is 9. The second-order valence-corrected chi connectivity index (χ2v) is 10.9. The van der Waals surface area contributed by atoms with Crippen molar-refractivity contribution in [1.82, 2.24) is 19.4 Å². The van der Waals surface area contributed by atoms with Gasteiger partial charge in [-0.2, -0.15) is 0 Å². The molecule has 0 spiro atoms. The lowest BCUT2D eigenvalue weighted by Crippen LogP contribution is -2.48. The maximum Gasteiger partial charge on any atom is 0.219 e. The zero-order chi connectivity index (χ0) is 27.2. The van der Waals surface area contributed by atoms with E-state index in [-0.39, 0.29) is 7.33 Å². The van der Waals surface area contributed by atoms with E-state index in [0.717, 1.165) is 62.6 Å². The first kappa shape index (κ1) is 27.3. The molecule has 1 saturated heterocycles. The molecule has 2 fully saturated rings. The Labute approximate surface area is 233 Å². The third-order valence-corrected chi connectivity index (χ3v) is 8.10. The van der Waals surface area contributed by atoms with Crippen molar-refractivity contribution in [3.63, 3.8) is 0 Å². The molecule has 0 unspecified atom stereocenters. The molecule has 0 radical (unpaired) electrons. The van der Waals surface area contributed by atoms with Crippen LogP contribution in [0.5, 0.6) is 0 Å². The summed E-state index contributed by atoms with van der Waals surface area (Å²) in [6.45, 7) is 8.40. The van der Waals surface area contributed by atoms with E-state index in [0.29, 0.717) is 25.2 Å². The Balaban J connectivity index is 0.00000370. The van der Waals surface area contributed by atoms with E-state index < -0.39 is 0 Å². The molecule has 0 N–H and O–H groups in total. The van der Waals surface area contributed by atoms with Crippen molar-refractivity contribution in [2.45, 2.75) is 52.1 Å². The maximum atomic E-state index is 11.7. The highest BCUT2D eigenvalue weighted by molar-refractivity contribution is 5.94. The monoisotopic (exact) mass is 533 g/mol. The van der Waals surface area contributed by atoms with Crippen LogP contribution in [0.25, 0.3) is 22.8 Å². The summed E-state index contributed by atoms with van der Waals surface area (Å²) < 4.78 is 13.2. The van der Waals surface area contributed by atoms with Crippen LogP contribution >= 0.6 is 0 Å². The SMILES string of the molecule is COCCOC1CCC(C/C(C)=C\c2nccc(-n3ccc4c(N5CCN(C(C)=O)CC5)cccc43)n2)CC1.[HH]. The second kappa shape index (κ2) is 12.7. The quantitative estimate of drug-likeness (QED) is 0.345. The summed E-state index contributed by atoms with van der Waals surface area (Å²) in [5, 5.41) is 1.20. The molecule has 3 aromatic rings. The molecule has 5 rings (SSSR count). The van der Waals surface area contributed by atoms with Crippen molar-refractivity contribution in [3.8, 4) is 5.82 Å². The number of ether oxygens (including phenoxy) is 2. The highest BCUT2D eigenvalue weighted by Crippen LogP contribution is 2.32. The molecule has 8 heteroatoms. The lowest BCUT2D eigenvalue weighted by atomic mass is 9.83. The van der Waals surface area contributed by atoms with Gasteiger partial charge in [-0.3, -0.25) is 4.79 Å². The van der Waals surface area contributed by atoms with Gasteiger partial charge in [-0.15, -0.1) is 0 Å². The van der Waals surface area contributed by atoms with Crippen molar-refractivity contribution in [2.24, 2.45) is 5.92 Å². The number of carbonyl (C=O) groups excluding carboxylic acids is 1. The number of carbonyl (C=O) groups is 1. The number of piperazine rings is 1. The molecule has 8 nitrogen and oxygen atoms in total. The van der Waals surface area contributed by atoms with E-state index in [1.54, 1.807) is 14.0 Å². The summed E-state index contributed by atoms with van der Waals surface area (Å²) in [6.07, 6.45) is 12.2. The van der Waals surface area contributed by atoms with Gasteiger partial charge in [0.15, 0.2) is 5.82 Å². The van der Waals surface area contributed by atoms with Crippen molar-refractivity contribution in [2.75, 3.05) is 51.4 Å². The number of hydrogen-bond donors (Lipinski definition) is 0. The minimum atomic E-state index is 0. The molecule has 39 heavy (non-hydrogen) atoms. The smallest absolute Gasteiger partial charge is 0.219 e. The van der Waals surface area contributed by atoms with Gasteiger partial charge in [-0.05, 0) is 75.3 Å². The molecule has 1 aromatic carbocycles. The fourth-order valence-electron chi connectivity index (χ4n) is 5.99. The highest BCUT2D eigenvalue weighted by atomic mass is 16.5. The third kappa shape index (κ3) is 6.68. The standard InChI is InChI=1S/C31H41N5O3.H2/c1-23(21-25-7-9-26(10-8-25)39-20-19-38-3)22-30-32-13-11-31(33-30)36-14-12-27-28(5-4-6-29(27)36)35-17-15-34(16-18-35)24(2)37;/h4-6,11-14,22,25-26H,7-10,15-21H2,1-3H3;1H/b23-22-;. The van der Waals surface area contributed by atoms with E-state index >= 15 is 0 Å². The van der Waals surface area contributed by atoms with Gasteiger partial charge < -0.3 is 23.8 Å².